The van der Waals surface area contributed by atoms with Crippen LogP contribution in [0.5, 0.6) is 0 Å². The quantitative estimate of drug-likeness (QED) is 0.824. The molecule has 2 aromatic rings. The minimum absolute atomic E-state index is 0.0767. The predicted molar refractivity (Wildman–Crippen MR) is 68.3 cm³/mol. The predicted octanol–water partition coefficient (Wildman–Crippen LogP) is 2.67. The van der Waals surface area contributed by atoms with Crippen LogP contribution in [0.1, 0.15) is 42.6 Å². The number of para-hydroxylation sites is 1. The summed E-state index contributed by atoms with van der Waals surface area (Å²) in [6, 6.07) is 7.40. The summed E-state index contributed by atoms with van der Waals surface area (Å²) in [6.07, 6.45) is 4.67. The Balaban J connectivity index is 2.01. The van der Waals surface area contributed by atoms with Gasteiger partial charge in [0.25, 0.3) is 0 Å². The van der Waals surface area contributed by atoms with E-state index in [1.807, 2.05) is 24.3 Å². The molecule has 4 heteroatoms. The minimum Gasteiger partial charge on any atom is -0.356 e. The first-order valence-electron chi connectivity index (χ1n) is 6.39. The molecule has 1 aliphatic rings. The molecule has 1 aromatic carbocycles. The van der Waals surface area contributed by atoms with Crippen LogP contribution in [0.3, 0.4) is 0 Å². The van der Waals surface area contributed by atoms with Crippen molar-refractivity contribution in [3.8, 4) is 0 Å². The summed E-state index contributed by atoms with van der Waals surface area (Å²) in [5.74, 6) is -0.0767. The van der Waals surface area contributed by atoms with Gasteiger partial charge in [-0.1, -0.05) is 36.6 Å². The average Bonchev–Trinajstić information content (AvgIpc) is 2.82. The van der Waals surface area contributed by atoms with Gasteiger partial charge in [0.15, 0.2) is 11.3 Å². The molecular formula is C14H16N2O2. The standard InChI is InChI=1S/C14H16N2O2/c15-14(8-4-1-5-9-14)13(17)12-10-6-2-3-7-11(10)18-16-12/h2-3,6-7H,1,4-5,8-9,15H2. The Kier molecular flexibility index (Phi) is 2.67. The molecule has 1 heterocycles. The first-order chi connectivity index (χ1) is 8.71. The van der Waals surface area contributed by atoms with Gasteiger partial charge in [0.1, 0.15) is 0 Å². The molecule has 0 radical (unpaired) electrons. The molecule has 1 fully saturated rings. The smallest absolute Gasteiger partial charge is 0.205 e. The number of fused-ring (bicyclic) bond motifs is 1. The van der Waals surface area contributed by atoms with Crippen LogP contribution in [0.15, 0.2) is 28.8 Å². The number of benzene rings is 1. The summed E-state index contributed by atoms with van der Waals surface area (Å²) in [5.41, 5.74) is 6.52. The lowest BCUT2D eigenvalue weighted by molar-refractivity contribution is 0.0840. The van der Waals surface area contributed by atoms with Gasteiger partial charge in [0.05, 0.1) is 10.9 Å². The zero-order chi connectivity index (χ0) is 12.6. The summed E-state index contributed by atoms with van der Waals surface area (Å²) in [4.78, 5) is 12.5. The number of hydrogen-bond acceptors (Lipinski definition) is 4. The van der Waals surface area contributed by atoms with Gasteiger partial charge in [0.2, 0.25) is 5.78 Å². The van der Waals surface area contributed by atoms with Crippen LogP contribution in [0, 0.1) is 0 Å². The van der Waals surface area contributed by atoms with Gasteiger partial charge in [-0.2, -0.15) is 0 Å². The van der Waals surface area contributed by atoms with E-state index < -0.39 is 5.54 Å². The van der Waals surface area contributed by atoms with E-state index in [2.05, 4.69) is 5.16 Å². The molecule has 0 amide bonds. The maximum Gasteiger partial charge on any atom is 0.205 e. The van der Waals surface area contributed by atoms with Crippen molar-refractivity contribution >= 4 is 16.8 Å². The van der Waals surface area contributed by atoms with Crippen LogP contribution in [-0.4, -0.2) is 16.5 Å². The summed E-state index contributed by atoms with van der Waals surface area (Å²) in [5, 5.41) is 4.67. The Hall–Kier alpha value is -1.68. The number of carbonyl (C=O) groups excluding carboxylic acids is 1. The maximum absolute atomic E-state index is 12.5. The molecule has 3 rings (SSSR count). The molecule has 2 N–H and O–H groups in total. The summed E-state index contributed by atoms with van der Waals surface area (Å²) in [6.45, 7) is 0. The summed E-state index contributed by atoms with van der Waals surface area (Å²) < 4.78 is 5.18. The fraction of sp³-hybridized carbons (Fsp3) is 0.429. The fourth-order valence-corrected chi connectivity index (χ4v) is 2.70. The van der Waals surface area contributed by atoms with Gasteiger partial charge in [-0.05, 0) is 25.0 Å². The molecule has 0 unspecified atom stereocenters. The molecule has 4 nitrogen and oxygen atoms in total. The third-order valence-electron chi connectivity index (χ3n) is 3.79. The second-order valence-electron chi connectivity index (χ2n) is 5.07. The SMILES string of the molecule is NC1(C(=O)c2noc3ccccc23)CCCCC1. The zero-order valence-electron chi connectivity index (χ0n) is 10.2. The van der Waals surface area contributed by atoms with Gasteiger partial charge >= 0.3 is 0 Å². The van der Waals surface area contributed by atoms with Gasteiger partial charge < -0.3 is 10.3 Å². The highest BCUT2D eigenvalue weighted by molar-refractivity contribution is 6.09. The molecule has 0 saturated heterocycles. The van der Waals surface area contributed by atoms with Gasteiger partial charge in [-0.15, -0.1) is 0 Å². The number of carbonyl (C=O) groups is 1. The molecule has 1 aliphatic carbocycles. The lowest BCUT2D eigenvalue weighted by atomic mass is 9.78. The Labute approximate surface area is 105 Å². The van der Waals surface area contributed by atoms with Gasteiger partial charge in [-0.25, -0.2) is 0 Å². The number of hydrogen-bond donors (Lipinski definition) is 1. The second-order valence-corrected chi connectivity index (χ2v) is 5.07. The van der Waals surface area contributed by atoms with Crippen molar-refractivity contribution in [3.05, 3.63) is 30.0 Å². The Bertz CT molecular complexity index is 582. The lowest BCUT2D eigenvalue weighted by Gasteiger charge is -2.30. The van der Waals surface area contributed by atoms with Crippen molar-refractivity contribution in [1.29, 1.82) is 0 Å². The Morgan fingerprint density at radius 1 is 1.22 bits per heavy atom. The van der Waals surface area contributed by atoms with Crippen molar-refractivity contribution in [2.75, 3.05) is 0 Å². The molecule has 0 atom stereocenters. The zero-order valence-corrected chi connectivity index (χ0v) is 10.2. The number of ketones is 1. The molecule has 0 bridgehead atoms. The fourth-order valence-electron chi connectivity index (χ4n) is 2.70. The van der Waals surface area contributed by atoms with E-state index in [0.29, 0.717) is 11.3 Å². The van der Waals surface area contributed by atoms with Crippen LogP contribution < -0.4 is 5.73 Å². The minimum atomic E-state index is -0.752. The molecular weight excluding hydrogens is 228 g/mol. The van der Waals surface area contributed by atoms with E-state index in [1.165, 1.54) is 0 Å². The van der Waals surface area contributed by atoms with Crippen LogP contribution in [0.25, 0.3) is 11.0 Å². The number of aromatic nitrogens is 1. The second kappa shape index (κ2) is 4.21. The van der Waals surface area contributed by atoms with Crippen LogP contribution in [0.4, 0.5) is 0 Å². The monoisotopic (exact) mass is 244 g/mol. The van der Waals surface area contributed by atoms with Crippen molar-refractivity contribution < 1.29 is 9.32 Å². The first-order valence-corrected chi connectivity index (χ1v) is 6.39. The highest BCUT2D eigenvalue weighted by atomic mass is 16.5. The first kappa shape index (κ1) is 11.4. The molecule has 94 valence electrons. The van der Waals surface area contributed by atoms with Crippen LogP contribution in [-0.2, 0) is 0 Å². The maximum atomic E-state index is 12.5. The summed E-state index contributed by atoms with van der Waals surface area (Å²) in [7, 11) is 0. The van der Waals surface area contributed by atoms with E-state index in [4.69, 9.17) is 10.3 Å². The van der Waals surface area contributed by atoms with E-state index >= 15 is 0 Å². The van der Waals surface area contributed by atoms with E-state index in [1.54, 1.807) is 0 Å². The van der Waals surface area contributed by atoms with Crippen molar-refractivity contribution in [2.24, 2.45) is 5.73 Å². The largest absolute Gasteiger partial charge is 0.356 e. The van der Waals surface area contributed by atoms with Crippen LogP contribution in [0.2, 0.25) is 0 Å². The van der Waals surface area contributed by atoms with E-state index in [9.17, 15) is 4.79 Å². The molecule has 0 spiro atoms. The number of rotatable bonds is 2. The number of nitrogens with two attached hydrogens (primary N) is 1. The van der Waals surface area contributed by atoms with Gasteiger partial charge in [0, 0.05) is 0 Å². The lowest BCUT2D eigenvalue weighted by Crippen LogP contribution is -2.49. The molecule has 1 aromatic heterocycles. The van der Waals surface area contributed by atoms with Crippen molar-refractivity contribution in [3.63, 3.8) is 0 Å². The van der Waals surface area contributed by atoms with Gasteiger partial charge in [-0.3, -0.25) is 4.79 Å². The third-order valence-corrected chi connectivity index (χ3v) is 3.79. The van der Waals surface area contributed by atoms with E-state index in [0.717, 1.165) is 37.5 Å². The number of nitrogens with zero attached hydrogens (tertiary/aromatic N) is 1. The van der Waals surface area contributed by atoms with Crippen molar-refractivity contribution in [1.82, 2.24) is 5.16 Å². The molecule has 0 aliphatic heterocycles. The Morgan fingerprint density at radius 3 is 2.72 bits per heavy atom. The highest BCUT2D eigenvalue weighted by Gasteiger charge is 2.38. The van der Waals surface area contributed by atoms with Crippen molar-refractivity contribution in [2.45, 2.75) is 37.6 Å². The van der Waals surface area contributed by atoms with Crippen LogP contribution >= 0.6 is 0 Å². The topological polar surface area (TPSA) is 69.1 Å². The highest BCUT2D eigenvalue weighted by Crippen LogP contribution is 2.31. The molecule has 18 heavy (non-hydrogen) atoms. The number of Topliss-reactive ketones (excluding diaryl/α,β-unsaturated/α-hetero) is 1. The Morgan fingerprint density at radius 2 is 1.94 bits per heavy atom. The third kappa shape index (κ3) is 1.73. The summed E-state index contributed by atoms with van der Waals surface area (Å²) >= 11 is 0. The van der Waals surface area contributed by atoms with E-state index in [-0.39, 0.29) is 5.78 Å². The average molecular weight is 244 g/mol. The normalized spacial score (nSPS) is 18.9. The molecule has 1 saturated carbocycles.